The van der Waals surface area contributed by atoms with Gasteiger partial charge in [-0.15, -0.1) is 0 Å². The maximum atomic E-state index is 13.9. The van der Waals surface area contributed by atoms with Crippen molar-refractivity contribution in [2.75, 3.05) is 33.4 Å². The first-order chi connectivity index (χ1) is 16.7. The second-order valence-corrected chi connectivity index (χ2v) is 8.64. The lowest BCUT2D eigenvalue weighted by Crippen LogP contribution is -2.56. The van der Waals surface area contributed by atoms with Crippen LogP contribution >= 0.6 is 11.6 Å². The van der Waals surface area contributed by atoms with Gasteiger partial charge in [-0.2, -0.15) is 13.2 Å². The summed E-state index contributed by atoms with van der Waals surface area (Å²) in [6, 6.07) is 2.17. The number of aromatic nitrogens is 2. The second kappa shape index (κ2) is 8.76. The first kappa shape index (κ1) is 23.5. The van der Waals surface area contributed by atoms with Gasteiger partial charge in [-0.1, -0.05) is 11.6 Å². The van der Waals surface area contributed by atoms with Gasteiger partial charge in [0.05, 0.1) is 36.8 Å². The molecule has 13 heteroatoms. The summed E-state index contributed by atoms with van der Waals surface area (Å²) < 4.78 is 58.2. The number of hydrogen-bond donors (Lipinski definition) is 0. The average molecular weight is 513 g/mol. The molecule has 35 heavy (non-hydrogen) atoms. The summed E-state index contributed by atoms with van der Waals surface area (Å²) in [5.41, 5.74) is -1.18. The third-order valence-corrected chi connectivity index (χ3v) is 6.69. The van der Waals surface area contributed by atoms with Crippen molar-refractivity contribution in [3.8, 4) is 11.1 Å². The normalized spacial score (nSPS) is 21.1. The fourth-order valence-corrected chi connectivity index (χ4v) is 4.83. The van der Waals surface area contributed by atoms with Crippen LogP contribution in [-0.4, -0.2) is 76.7 Å². The molecule has 9 nitrogen and oxygen atoms in total. The van der Waals surface area contributed by atoms with E-state index in [1.165, 1.54) is 36.8 Å². The molecular formula is C22H20ClF3N4O5. The number of carbonyl (C=O) groups is 2. The topological polar surface area (TPSA) is 89.5 Å². The van der Waals surface area contributed by atoms with Crippen LogP contribution in [0.25, 0.3) is 16.8 Å². The van der Waals surface area contributed by atoms with E-state index in [9.17, 15) is 22.8 Å². The Balaban J connectivity index is 1.48. The van der Waals surface area contributed by atoms with Gasteiger partial charge in [0.25, 0.3) is 5.91 Å². The van der Waals surface area contributed by atoms with E-state index >= 15 is 0 Å². The van der Waals surface area contributed by atoms with Crippen molar-refractivity contribution in [3.05, 3.63) is 47.3 Å². The van der Waals surface area contributed by atoms with Gasteiger partial charge in [-0.3, -0.25) is 14.1 Å². The van der Waals surface area contributed by atoms with Crippen LogP contribution < -0.4 is 0 Å². The summed E-state index contributed by atoms with van der Waals surface area (Å²) >= 11 is 6.41. The van der Waals surface area contributed by atoms with Crippen LogP contribution in [0.4, 0.5) is 18.0 Å². The molecule has 2 aliphatic rings. The standard InChI is InChI=1S/C22H20ClF3N4O5/c1-33-16-10-28(4-2-15(16)29-5-7-35-21(29)32)20(31)17-18(23)30-9-13(12-3-6-34-11-12)8-14(19(30)27-17)22(24,25)26/h3,6,8-9,11,15-16H,2,4-5,7,10H2,1H3/t15-,16-/m0/s1. The van der Waals surface area contributed by atoms with Crippen LogP contribution in [0.2, 0.25) is 5.15 Å². The summed E-state index contributed by atoms with van der Waals surface area (Å²) in [4.78, 5) is 32.3. The maximum absolute atomic E-state index is 13.9. The van der Waals surface area contributed by atoms with Gasteiger partial charge < -0.3 is 18.8 Å². The molecule has 0 saturated carbocycles. The Morgan fingerprint density at radius 2 is 2.09 bits per heavy atom. The summed E-state index contributed by atoms with van der Waals surface area (Å²) in [5.74, 6) is -0.624. The highest BCUT2D eigenvalue weighted by molar-refractivity contribution is 6.33. The molecule has 2 amide bonds. The summed E-state index contributed by atoms with van der Waals surface area (Å²) in [7, 11) is 1.47. The predicted molar refractivity (Wildman–Crippen MR) is 116 cm³/mol. The molecule has 3 aromatic rings. The number of imidazole rings is 1. The zero-order chi connectivity index (χ0) is 24.9. The number of rotatable bonds is 4. The molecule has 0 N–H and O–H groups in total. The van der Waals surface area contributed by atoms with Gasteiger partial charge in [-0.05, 0) is 18.6 Å². The molecule has 2 saturated heterocycles. The number of piperidine rings is 1. The molecule has 0 radical (unpaired) electrons. The van der Waals surface area contributed by atoms with E-state index in [2.05, 4.69) is 4.98 Å². The smallest absolute Gasteiger partial charge is 0.420 e. The minimum Gasteiger partial charge on any atom is -0.472 e. The van der Waals surface area contributed by atoms with E-state index in [1.807, 2.05) is 0 Å². The van der Waals surface area contributed by atoms with Gasteiger partial charge >= 0.3 is 12.3 Å². The quantitative estimate of drug-likeness (QED) is 0.526. The number of amides is 2. The number of nitrogens with zero attached hydrogens (tertiary/aromatic N) is 4. The predicted octanol–water partition coefficient (Wildman–Crippen LogP) is 3.95. The molecular weight excluding hydrogens is 493 g/mol. The van der Waals surface area contributed by atoms with Crippen molar-refractivity contribution in [1.29, 1.82) is 0 Å². The monoisotopic (exact) mass is 512 g/mol. The molecule has 0 aliphatic carbocycles. The Kier molecular flexibility index (Phi) is 5.88. The highest BCUT2D eigenvalue weighted by atomic mass is 35.5. The van der Waals surface area contributed by atoms with Gasteiger partial charge in [0, 0.05) is 37.5 Å². The van der Waals surface area contributed by atoms with Crippen molar-refractivity contribution < 1.29 is 36.7 Å². The fourth-order valence-electron chi connectivity index (χ4n) is 4.58. The number of ether oxygens (including phenoxy) is 2. The number of furan rings is 1. The summed E-state index contributed by atoms with van der Waals surface area (Å²) in [5, 5.41) is -0.236. The van der Waals surface area contributed by atoms with Gasteiger partial charge in [0.15, 0.2) is 11.3 Å². The second-order valence-electron chi connectivity index (χ2n) is 8.29. The van der Waals surface area contributed by atoms with Crippen molar-refractivity contribution in [2.24, 2.45) is 0 Å². The third-order valence-electron chi connectivity index (χ3n) is 6.33. The maximum Gasteiger partial charge on any atom is 0.420 e. The van der Waals surface area contributed by atoms with E-state index in [-0.39, 0.29) is 42.1 Å². The number of carbonyl (C=O) groups excluding carboxylic acids is 2. The first-order valence-electron chi connectivity index (χ1n) is 10.8. The lowest BCUT2D eigenvalue weighted by molar-refractivity contribution is -0.136. The van der Waals surface area contributed by atoms with E-state index in [0.717, 1.165) is 10.5 Å². The highest BCUT2D eigenvalue weighted by Gasteiger charge is 2.41. The number of pyridine rings is 1. The van der Waals surface area contributed by atoms with Crippen molar-refractivity contribution in [3.63, 3.8) is 0 Å². The number of hydrogen-bond acceptors (Lipinski definition) is 6. The molecule has 186 valence electrons. The van der Waals surface area contributed by atoms with E-state index in [4.69, 9.17) is 25.5 Å². The first-order valence-corrected chi connectivity index (χ1v) is 11.1. The van der Waals surface area contributed by atoms with E-state index < -0.39 is 35.5 Å². The van der Waals surface area contributed by atoms with Crippen LogP contribution in [0.3, 0.4) is 0 Å². The van der Waals surface area contributed by atoms with Gasteiger partial charge in [0.2, 0.25) is 0 Å². The Bertz CT molecular complexity index is 1280. The average Bonchev–Trinajstić information content (AvgIpc) is 3.58. The number of alkyl halides is 3. The number of likely N-dealkylation sites (tertiary alicyclic amines) is 1. The molecule has 0 unspecified atom stereocenters. The fraction of sp³-hybridized carbons (Fsp3) is 0.409. The zero-order valence-electron chi connectivity index (χ0n) is 18.4. The lowest BCUT2D eigenvalue weighted by Gasteiger charge is -2.40. The van der Waals surface area contributed by atoms with Crippen LogP contribution in [0.15, 0.2) is 35.3 Å². The van der Waals surface area contributed by atoms with Gasteiger partial charge in [0.1, 0.15) is 11.8 Å². The molecule has 2 atom stereocenters. The zero-order valence-corrected chi connectivity index (χ0v) is 19.2. The van der Waals surface area contributed by atoms with E-state index in [0.29, 0.717) is 18.5 Å². The number of cyclic esters (lactones) is 1. The van der Waals surface area contributed by atoms with Crippen LogP contribution in [0.5, 0.6) is 0 Å². The number of methoxy groups -OCH3 is 1. The molecule has 3 aromatic heterocycles. The largest absolute Gasteiger partial charge is 0.472 e. The van der Waals surface area contributed by atoms with Crippen LogP contribution in [-0.2, 0) is 15.7 Å². The Hall–Kier alpha value is -3.25. The van der Waals surface area contributed by atoms with Crippen molar-refractivity contribution >= 4 is 29.2 Å². The molecule has 0 bridgehead atoms. The van der Waals surface area contributed by atoms with Gasteiger partial charge in [-0.25, -0.2) is 9.78 Å². The van der Waals surface area contributed by atoms with Crippen molar-refractivity contribution in [2.45, 2.75) is 24.7 Å². The lowest BCUT2D eigenvalue weighted by atomic mass is 10.00. The van der Waals surface area contributed by atoms with Crippen molar-refractivity contribution in [1.82, 2.24) is 19.2 Å². The highest BCUT2D eigenvalue weighted by Crippen LogP contribution is 2.37. The minimum absolute atomic E-state index is 0.111. The molecule has 0 aromatic carbocycles. The minimum atomic E-state index is -4.74. The Morgan fingerprint density at radius 1 is 1.29 bits per heavy atom. The Morgan fingerprint density at radius 3 is 2.71 bits per heavy atom. The van der Waals surface area contributed by atoms with E-state index in [1.54, 1.807) is 4.90 Å². The van der Waals surface area contributed by atoms with Crippen LogP contribution in [0, 0.1) is 0 Å². The molecule has 0 spiro atoms. The van der Waals surface area contributed by atoms with Crippen LogP contribution in [0.1, 0.15) is 22.5 Å². The molecule has 5 rings (SSSR count). The number of fused-ring (bicyclic) bond motifs is 1. The molecule has 5 heterocycles. The number of halogens is 4. The Labute approximate surface area is 201 Å². The molecule has 2 aliphatic heterocycles. The molecule has 2 fully saturated rings. The third kappa shape index (κ3) is 4.10. The summed E-state index contributed by atoms with van der Waals surface area (Å²) in [6.07, 6.45) is -1.24. The summed E-state index contributed by atoms with van der Waals surface area (Å²) in [6.45, 7) is 1.06. The SMILES string of the molecule is CO[C@H]1CN(C(=O)c2nc3c(C(F)(F)F)cc(-c4ccoc4)cn3c2Cl)CC[C@@H]1N1CCOC1=O.